The Bertz CT molecular complexity index is 281. The van der Waals surface area contributed by atoms with Crippen LogP contribution < -0.4 is 0 Å². The van der Waals surface area contributed by atoms with Crippen LogP contribution in [0.3, 0.4) is 0 Å². The summed E-state index contributed by atoms with van der Waals surface area (Å²) < 4.78 is 1.05. The van der Waals surface area contributed by atoms with Crippen molar-refractivity contribution >= 4 is 39.0 Å². The second-order valence-corrected chi connectivity index (χ2v) is 6.12. The number of halogens is 1. The number of hydrogen-bond donors (Lipinski definition) is 1. The number of rotatable bonds is 2. The lowest BCUT2D eigenvalue weighted by Crippen LogP contribution is -2.11. The Morgan fingerprint density at radius 2 is 2.38 bits per heavy atom. The highest BCUT2D eigenvalue weighted by molar-refractivity contribution is 9.10. The Balaban J connectivity index is 2.12. The molecule has 1 aromatic heterocycles. The minimum atomic E-state index is -0.284. The maximum absolute atomic E-state index is 10.0. The quantitative estimate of drug-likeness (QED) is 0.895. The van der Waals surface area contributed by atoms with Crippen molar-refractivity contribution in [2.45, 2.75) is 24.2 Å². The van der Waals surface area contributed by atoms with Crippen LogP contribution >= 0.6 is 39.0 Å². The molecular formula is C9H11BrOS2. The molecule has 0 aromatic carbocycles. The third-order valence-electron chi connectivity index (χ3n) is 2.28. The zero-order chi connectivity index (χ0) is 9.26. The Morgan fingerprint density at radius 3 is 2.92 bits per heavy atom. The second-order valence-electron chi connectivity index (χ2n) is 3.17. The van der Waals surface area contributed by atoms with Crippen molar-refractivity contribution in [1.29, 1.82) is 0 Å². The van der Waals surface area contributed by atoms with Crippen molar-refractivity contribution in [3.63, 3.8) is 0 Å². The fourth-order valence-electron chi connectivity index (χ4n) is 1.55. The van der Waals surface area contributed by atoms with Crippen LogP contribution in [0.25, 0.3) is 0 Å². The number of aliphatic hydroxyl groups excluding tert-OH is 1. The molecule has 1 N–H and O–H groups in total. The number of hydrogen-bond acceptors (Lipinski definition) is 3. The van der Waals surface area contributed by atoms with Crippen LogP contribution in [0.1, 0.15) is 24.5 Å². The van der Waals surface area contributed by atoms with E-state index in [9.17, 15) is 5.11 Å². The van der Waals surface area contributed by atoms with Gasteiger partial charge < -0.3 is 5.11 Å². The van der Waals surface area contributed by atoms with Crippen LogP contribution in [-0.2, 0) is 0 Å². The lowest BCUT2D eigenvalue weighted by Gasteiger charge is -2.16. The standard InChI is InChI=1S/C9H11BrOS2/c10-7-5-12-4-6(7)9(11)8-2-1-3-13-8/h4-5,8-9,11H,1-3H2. The summed E-state index contributed by atoms with van der Waals surface area (Å²) in [6, 6.07) is 0. The van der Waals surface area contributed by atoms with Gasteiger partial charge in [0.1, 0.15) is 0 Å². The van der Waals surface area contributed by atoms with E-state index in [1.165, 1.54) is 12.2 Å². The minimum absolute atomic E-state index is 0.284. The van der Waals surface area contributed by atoms with E-state index >= 15 is 0 Å². The topological polar surface area (TPSA) is 20.2 Å². The first-order valence-electron chi connectivity index (χ1n) is 4.30. The van der Waals surface area contributed by atoms with Crippen LogP contribution in [0.2, 0.25) is 0 Å². The van der Waals surface area contributed by atoms with Crippen molar-refractivity contribution in [3.05, 3.63) is 20.8 Å². The summed E-state index contributed by atoms with van der Waals surface area (Å²) in [5, 5.41) is 14.5. The van der Waals surface area contributed by atoms with E-state index in [0.29, 0.717) is 5.25 Å². The molecule has 0 aliphatic carbocycles. The molecule has 0 bridgehead atoms. The molecular weight excluding hydrogens is 268 g/mol. The van der Waals surface area contributed by atoms with Gasteiger partial charge in [-0.05, 0) is 39.9 Å². The van der Waals surface area contributed by atoms with Crippen molar-refractivity contribution in [3.8, 4) is 0 Å². The average Bonchev–Trinajstić information content (AvgIpc) is 2.72. The summed E-state index contributed by atoms with van der Waals surface area (Å²) in [5.74, 6) is 1.20. The van der Waals surface area contributed by atoms with E-state index in [0.717, 1.165) is 16.5 Å². The predicted octanol–water partition coefficient (Wildman–Crippen LogP) is 3.44. The van der Waals surface area contributed by atoms with Crippen molar-refractivity contribution in [1.82, 2.24) is 0 Å². The van der Waals surface area contributed by atoms with E-state index < -0.39 is 0 Å². The van der Waals surface area contributed by atoms with Crippen molar-refractivity contribution in [2.75, 3.05) is 5.75 Å². The van der Waals surface area contributed by atoms with Crippen molar-refractivity contribution < 1.29 is 5.11 Å². The van der Waals surface area contributed by atoms with Crippen LogP contribution in [-0.4, -0.2) is 16.1 Å². The van der Waals surface area contributed by atoms with Crippen LogP contribution in [0.5, 0.6) is 0 Å². The largest absolute Gasteiger partial charge is 0.387 e. The van der Waals surface area contributed by atoms with Gasteiger partial charge in [0.2, 0.25) is 0 Å². The van der Waals surface area contributed by atoms with Gasteiger partial charge in [0.25, 0.3) is 0 Å². The SMILES string of the molecule is OC(c1cscc1Br)C1CCCS1. The molecule has 2 atom stereocenters. The summed E-state index contributed by atoms with van der Waals surface area (Å²) in [6.07, 6.45) is 2.11. The first-order valence-corrected chi connectivity index (χ1v) is 7.09. The predicted molar refractivity (Wildman–Crippen MR) is 62.5 cm³/mol. The molecule has 0 radical (unpaired) electrons. The van der Waals surface area contributed by atoms with E-state index in [-0.39, 0.29) is 6.10 Å². The summed E-state index contributed by atoms with van der Waals surface area (Å²) in [4.78, 5) is 0. The molecule has 0 spiro atoms. The van der Waals surface area contributed by atoms with Gasteiger partial charge in [0.05, 0.1) is 6.10 Å². The molecule has 72 valence electrons. The van der Waals surface area contributed by atoms with Crippen molar-refractivity contribution in [2.24, 2.45) is 0 Å². The smallest absolute Gasteiger partial charge is 0.0927 e. The molecule has 0 amide bonds. The highest BCUT2D eigenvalue weighted by Crippen LogP contribution is 2.39. The lowest BCUT2D eigenvalue weighted by molar-refractivity contribution is 0.173. The Hall–Kier alpha value is 0.490. The molecule has 0 saturated carbocycles. The first kappa shape index (κ1) is 10.0. The van der Waals surface area contributed by atoms with Gasteiger partial charge >= 0.3 is 0 Å². The van der Waals surface area contributed by atoms with Gasteiger partial charge in [-0.1, -0.05) is 0 Å². The van der Waals surface area contributed by atoms with Crippen LogP contribution in [0, 0.1) is 0 Å². The highest BCUT2D eigenvalue weighted by atomic mass is 79.9. The third kappa shape index (κ3) is 2.12. The van der Waals surface area contributed by atoms with E-state index in [2.05, 4.69) is 15.9 Å². The molecule has 1 saturated heterocycles. The van der Waals surface area contributed by atoms with Gasteiger partial charge in [-0.2, -0.15) is 23.1 Å². The van der Waals surface area contributed by atoms with Crippen LogP contribution in [0.4, 0.5) is 0 Å². The molecule has 1 aliphatic heterocycles. The van der Waals surface area contributed by atoms with Crippen LogP contribution in [0.15, 0.2) is 15.2 Å². The second kappa shape index (κ2) is 4.34. The highest BCUT2D eigenvalue weighted by Gasteiger charge is 2.26. The number of thiophene rings is 1. The zero-order valence-electron chi connectivity index (χ0n) is 7.07. The summed E-state index contributed by atoms with van der Waals surface area (Å²) in [6.45, 7) is 0. The summed E-state index contributed by atoms with van der Waals surface area (Å²) in [5.41, 5.74) is 1.06. The maximum atomic E-state index is 10.0. The minimum Gasteiger partial charge on any atom is -0.387 e. The monoisotopic (exact) mass is 278 g/mol. The number of aliphatic hydroxyl groups is 1. The lowest BCUT2D eigenvalue weighted by atomic mass is 10.1. The fraction of sp³-hybridized carbons (Fsp3) is 0.556. The maximum Gasteiger partial charge on any atom is 0.0927 e. The molecule has 1 nitrogen and oxygen atoms in total. The molecule has 1 aromatic rings. The molecule has 13 heavy (non-hydrogen) atoms. The van der Waals surface area contributed by atoms with Gasteiger partial charge in [-0.3, -0.25) is 0 Å². The molecule has 1 aliphatic rings. The fourth-order valence-corrected chi connectivity index (χ4v) is 4.41. The Morgan fingerprint density at radius 1 is 1.54 bits per heavy atom. The van der Waals surface area contributed by atoms with E-state index in [4.69, 9.17) is 0 Å². The summed E-state index contributed by atoms with van der Waals surface area (Å²) in [7, 11) is 0. The summed E-state index contributed by atoms with van der Waals surface area (Å²) >= 11 is 6.98. The molecule has 1 fully saturated rings. The third-order valence-corrected chi connectivity index (χ3v) is 5.48. The van der Waals surface area contributed by atoms with Gasteiger partial charge in [0, 0.05) is 20.7 Å². The molecule has 2 rings (SSSR count). The molecule has 4 heteroatoms. The van der Waals surface area contributed by atoms with Gasteiger partial charge in [-0.15, -0.1) is 0 Å². The Kier molecular flexibility index (Phi) is 3.35. The molecule has 2 unspecified atom stereocenters. The van der Waals surface area contributed by atoms with Gasteiger partial charge in [0.15, 0.2) is 0 Å². The van der Waals surface area contributed by atoms with E-state index in [1.54, 1.807) is 11.3 Å². The van der Waals surface area contributed by atoms with E-state index in [1.807, 2.05) is 22.5 Å². The number of thioether (sulfide) groups is 1. The zero-order valence-corrected chi connectivity index (χ0v) is 10.3. The normalized spacial score (nSPS) is 24.9. The average molecular weight is 279 g/mol. The molecule has 2 heterocycles. The first-order chi connectivity index (χ1) is 6.29. The van der Waals surface area contributed by atoms with Gasteiger partial charge in [-0.25, -0.2) is 0 Å². The Labute approximate surface area is 94.7 Å².